The topological polar surface area (TPSA) is 429 Å². The zero-order chi connectivity index (χ0) is 66.6. The lowest BCUT2D eigenvalue weighted by molar-refractivity contribution is -0.146. The summed E-state index contributed by atoms with van der Waals surface area (Å²) in [6.07, 6.45) is -5.18. The molecule has 6 aliphatic heterocycles. The molecule has 0 unspecified atom stereocenters. The predicted octanol–water partition coefficient (Wildman–Crippen LogP) is 5.13. The average molecular weight is 1270 g/mol. The van der Waals surface area contributed by atoms with Crippen LogP contribution >= 0.6 is 0 Å². The van der Waals surface area contributed by atoms with E-state index in [0.717, 1.165) is 61.7 Å². The summed E-state index contributed by atoms with van der Waals surface area (Å²) in [5.41, 5.74) is -3.28. The van der Waals surface area contributed by atoms with Crippen molar-refractivity contribution in [1.29, 1.82) is 0 Å². The van der Waals surface area contributed by atoms with Gasteiger partial charge in [0.2, 0.25) is 41.2 Å². The number of benzene rings is 7. The molecule has 13 rings (SSSR count). The van der Waals surface area contributed by atoms with Crippen molar-refractivity contribution in [1.82, 2.24) is 37.2 Å². The first-order chi connectivity index (χ1) is 44.1. The Morgan fingerprint density at radius 2 is 0.968 bits per heavy atom. The number of aliphatic hydroxyl groups excluding tert-OH is 2. The smallest absolute Gasteiger partial charge is 0.408 e. The molecule has 7 amide bonds. The van der Waals surface area contributed by atoms with Gasteiger partial charge in [0.15, 0.2) is 29.0 Å². The highest BCUT2D eigenvalue weighted by Gasteiger charge is 2.43. The summed E-state index contributed by atoms with van der Waals surface area (Å²) in [7, 11) is 0.969. The second-order valence-corrected chi connectivity index (χ2v) is 23.1. The average Bonchev–Trinajstić information content (AvgIpc) is 0.791. The van der Waals surface area contributed by atoms with Gasteiger partial charge in [0.1, 0.15) is 94.3 Å². The van der Waals surface area contributed by atoms with E-state index in [9.17, 15) is 60.0 Å². The third-order valence-corrected chi connectivity index (χ3v) is 15.7. The molecule has 6 aliphatic rings. The van der Waals surface area contributed by atoms with Gasteiger partial charge in [-0.1, -0.05) is 36.4 Å². The van der Waals surface area contributed by atoms with Crippen molar-refractivity contribution in [2.75, 3.05) is 7.11 Å². The molecule has 28 heteroatoms. The van der Waals surface area contributed by atoms with Crippen molar-refractivity contribution in [2.45, 2.75) is 87.8 Å². The number of phenols is 6. The van der Waals surface area contributed by atoms with Crippen LogP contribution < -0.4 is 51.4 Å². The number of hydrogen-bond donors (Lipinski definition) is 15. The summed E-state index contributed by atoms with van der Waals surface area (Å²) in [6.45, 7) is 6.07. The summed E-state index contributed by atoms with van der Waals surface area (Å²) in [4.78, 5) is 119. The van der Waals surface area contributed by atoms with E-state index in [1.165, 1.54) is 73.7 Å². The zero-order valence-corrected chi connectivity index (χ0v) is 49.6. The number of carbonyl (C=O) groups excluding carboxylic acids is 8. The van der Waals surface area contributed by atoms with Crippen LogP contribution in [0.4, 0.5) is 4.79 Å². The Labute approximate surface area is 526 Å². The maximum absolute atomic E-state index is 15.8. The van der Waals surface area contributed by atoms with Crippen LogP contribution in [0.15, 0.2) is 121 Å². The number of amides is 7. The molecule has 15 N–H and O–H groups in total. The number of nitrogens with one attached hydrogen (secondary N) is 7. The molecule has 6 heterocycles. The van der Waals surface area contributed by atoms with E-state index >= 15 is 19.2 Å². The van der Waals surface area contributed by atoms with Gasteiger partial charge in [-0.15, -0.1) is 0 Å². The van der Waals surface area contributed by atoms with Crippen molar-refractivity contribution >= 4 is 47.5 Å². The lowest BCUT2D eigenvalue weighted by Crippen LogP contribution is -2.56. The number of aromatic hydroxyl groups is 6. The number of methoxy groups -OCH3 is 1. The molecular weight excluding hydrogens is 1210 g/mol. The lowest BCUT2D eigenvalue weighted by atomic mass is 9.89. The minimum Gasteiger partial charge on any atom is -0.508 e. The lowest BCUT2D eigenvalue weighted by Gasteiger charge is -2.31. The second kappa shape index (κ2) is 24.5. The molecule has 0 spiro atoms. The number of rotatable bonds is 2. The summed E-state index contributed by atoms with van der Waals surface area (Å²) in [5, 5.41) is 111. The largest absolute Gasteiger partial charge is 0.508 e. The predicted molar refractivity (Wildman–Crippen MR) is 320 cm³/mol. The van der Waals surface area contributed by atoms with Crippen molar-refractivity contribution in [3.63, 3.8) is 0 Å². The molecule has 0 radical (unpaired) electrons. The molecule has 17 bridgehead atoms. The van der Waals surface area contributed by atoms with Crippen LogP contribution in [0.25, 0.3) is 11.1 Å². The van der Waals surface area contributed by atoms with Crippen LogP contribution in [-0.4, -0.2) is 113 Å². The summed E-state index contributed by atoms with van der Waals surface area (Å²) in [5.74, 6) is -14.4. The normalized spacial score (nSPS) is 22.0. The van der Waals surface area contributed by atoms with Crippen LogP contribution in [0.3, 0.4) is 0 Å². The van der Waals surface area contributed by atoms with Crippen molar-refractivity contribution < 1.29 is 103 Å². The molecule has 0 aromatic heterocycles. The van der Waals surface area contributed by atoms with Gasteiger partial charge in [-0.2, -0.15) is 0 Å². The SMILES string of the molecule is COC(=O)[C@H]1NC(=O)[C@H]2NC(=O)[C@H](NC(=O)[C@@H]3NC(=O)[C@H]4NC(=O)[C@H](NC(=O)[C@@H](NC(=O)OC(C)(C)C)c5ccc(O)c(c5)Oc5cc4cc(O)c5C)[C@H](O)c4ccc(cc4)Oc4cc3cc(c4O)Oc3ccc(cc3)[C@H]2O)c2ccc(O)c(c2)-c2c(O)cc(O)cc21. The standard InChI is InChI=1S/C65H59N7O21/c1-26-40(76)19-31-21-42(26)92-43-20-30(11-17-39(43)75)48(72-64(88)93-65(2,3)4)58(82)71-52-54(78)27-6-12-34(13-7-27)90-44-22-32-23-45(56(44)80)91-35-14-8-28(9-15-35)55(79)53-62(86)69-51(63(87)89-5)37-24-33(73)25-41(77)46(37)36-18-29(10-16-38(36)74)47(57(81)70-53)66-60(84)50(32)67-59(83)49(31)68-61(52)85/h6-25,47-55,73-80H,1-5H3,(H,66,84)(H,67,83)(H,68,85)(H,69,86)(H,70,81)(H,71,82)(H,72,88)/t47-,48+,49+,50-,51+,52-,53+,54-,55-/m1/s1. The van der Waals surface area contributed by atoms with E-state index < -0.39 is 159 Å². The number of esters is 1. The molecule has 7 aromatic rings. The van der Waals surface area contributed by atoms with Crippen LogP contribution in [0.5, 0.6) is 69.0 Å². The first-order valence-corrected chi connectivity index (χ1v) is 28.5. The molecular formula is C65H59N7O21. The van der Waals surface area contributed by atoms with E-state index in [1.54, 1.807) is 20.8 Å². The molecule has 480 valence electrons. The van der Waals surface area contributed by atoms with Gasteiger partial charge in [-0.3, -0.25) is 28.8 Å². The van der Waals surface area contributed by atoms with Crippen molar-refractivity contribution in [3.05, 3.63) is 166 Å². The van der Waals surface area contributed by atoms with Gasteiger partial charge in [-0.25, -0.2) is 9.59 Å². The third kappa shape index (κ3) is 12.6. The zero-order valence-electron chi connectivity index (χ0n) is 49.6. The van der Waals surface area contributed by atoms with Gasteiger partial charge in [0.05, 0.1) is 7.11 Å². The number of hydrogen-bond acceptors (Lipinski definition) is 21. The molecule has 93 heavy (non-hydrogen) atoms. The van der Waals surface area contributed by atoms with E-state index in [0.29, 0.717) is 0 Å². The Balaban J connectivity index is 1.12. The summed E-state index contributed by atoms with van der Waals surface area (Å²) >= 11 is 0. The van der Waals surface area contributed by atoms with E-state index in [4.69, 9.17) is 23.7 Å². The van der Waals surface area contributed by atoms with Crippen LogP contribution in [0, 0.1) is 6.92 Å². The fraction of sp³-hybridized carbons (Fsp3) is 0.231. The van der Waals surface area contributed by atoms with E-state index in [1.807, 2.05) is 0 Å². The fourth-order valence-electron chi connectivity index (χ4n) is 11.0. The maximum atomic E-state index is 15.8. The third-order valence-electron chi connectivity index (χ3n) is 15.7. The van der Waals surface area contributed by atoms with Crippen molar-refractivity contribution in [3.8, 4) is 80.1 Å². The Morgan fingerprint density at radius 3 is 1.55 bits per heavy atom. The highest BCUT2D eigenvalue weighted by Crippen LogP contribution is 2.47. The number of carbonyl (C=O) groups is 8. The summed E-state index contributed by atoms with van der Waals surface area (Å²) < 4.78 is 29.2. The number of fused-ring (bicyclic) bond motifs is 14. The molecule has 7 aromatic carbocycles. The first-order valence-electron chi connectivity index (χ1n) is 28.5. The molecule has 0 saturated carbocycles. The Kier molecular flexibility index (Phi) is 16.6. The summed E-state index contributed by atoms with van der Waals surface area (Å²) in [6, 6.07) is 9.11. The van der Waals surface area contributed by atoms with E-state index in [2.05, 4.69) is 37.2 Å². The maximum Gasteiger partial charge on any atom is 0.408 e. The first kappa shape index (κ1) is 62.8. The van der Waals surface area contributed by atoms with Gasteiger partial charge >= 0.3 is 12.1 Å². The Hall–Kier alpha value is -11.8. The van der Waals surface area contributed by atoms with Gasteiger partial charge in [0, 0.05) is 28.3 Å². The molecule has 0 fully saturated rings. The number of alkyl carbamates (subject to hydrolysis) is 1. The van der Waals surface area contributed by atoms with E-state index in [-0.39, 0.29) is 73.1 Å². The molecule has 0 aliphatic carbocycles. The minimum absolute atomic E-state index is 0.00993. The monoisotopic (exact) mass is 1270 g/mol. The minimum atomic E-state index is -2.18. The highest BCUT2D eigenvalue weighted by molar-refractivity contribution is 6.00. The fourth-order valence-corrected chi connectivity index (χ4v) is 11.0. The Bertz CT molecular complexity index is 4250. The number of aliphatic hydroxyl groups is 2. The quantitative estimate of drug-likeness (QED) is 0.0997. The number of phenolic OH excluding ortho intramolecular Hbond substituents is 6. The van der Waals surface area contributed by atoms with Crippen LogP contribution in [0.1, 0.15) is 108 Å². The molecule has 28 nitrogen and oxygen atoms in total. The van der Waals surface area contributed by atoms with Crippen molar-refractivity contribution in [2.24, 2.45) is 0 Å². The van der Waals surface area contributed by atoms with Crippen LogP contribution in [-0.2, 0) is 43.0 Å². The van der Waals surface area contributed by atoms with Gasteiger partial charge < -0.3 is 102 Å². The molecule has 0 saturated heterocycles. The second-order valence-electron chi connectivity index (χ2n) is 23.1. The Morgan fingerprint density at radius 1 is 0.484 bits per heavy atom. The van der Waals surface area contributed by atoms with Crippen LogP contribution in [0.2, 0.25) is 0 Å². The number of ether oxygens (including phenoxy) is 5. The molecule has 9 atom stereocenters. The highest BCUT2D eigenvalue weighted by atomic mass is 16.6. The van der Waals surface area contributed by atoms with Gasteiger partial charge in [-0.05, 0) is 140 Å². The van der Waals surface area contributed by atoms with Gasteiger partial charge in [0.25, 0.3) is 0 Å².